The van der Waals surface area contributed by atoms with Gasteiger partial charge in [-0.15, -0.1) is 0 Å². The first-order valence-corrected chi connectivity index (χ1v) is 7.43. The van der Waals surface area contributed by atoms with Gasteiger partial charge in [0.05, 0.1) is 33.0 Å². The first-order valence-electron chi connectivity index (χ1n) is 7.05. The lowest BCUT2D eigenvalue weighted by molar-refractivity contribution is 0.0695. The number of nitrogens with two attached hydrogens (primary N) is 2. The topological polar surface area (TPSA) is 111 Å². The van der Waals surface area contributed by atoms with Crippen molar-refractivity contribution in [3.8, 4) is 5.69 Å². The van der Waals surface area contributed by atoms with Gasteiger partial charge in [-0.25, -0.2) is 22.4 Å². The molecule has 0 saturated carbocycles. The molecular formula is C16H8ClF4N3O3. The van der Waals surface area contributed by atoms with Crippen molar-refractivity contribution in [1.82, 2.24) is 4.57 Å². The number of benzene rings is 2. The smallest absolute Gasteiger partial charge is 0.341 e. The molecule has 0 aliphatic carbocycles. The maximum absolute atomic E-state index is 14.3. The van der Waals surface area contributed by atoms with Crippen molar-refractivity contribution in [3.05, 3.63) is 62.4 Å². The summed E-state index contributed by atoms with van der Waals surface area (Å²) in [6.45, 7) is 0. The van der Waals surface area contributed by atoms with Crippen LogP contribution in [-0.4, -0.2) is 15.6 Å². The molecule has 3 rings (SSSR count). The van der Waals surface area contributed by atoms with Crippen LogP contribution in [0.15, 0.2) is 23.1 Å². The first-order chi connectivity index (χ1) is 12.6. The van der Waals surface area contributed by atoms with Gasteiger partial charge in [0.1, 0.15) is 11.4 Å². The second-order valence-corrected chi connectivity index (χ2v) is 5.83. The quantitative estimate of drug-likeness (QED) is 0.347. The summed E-state index contributed by atoms with van der Waals surface area (Å²) in [7, 11) is 0. The SMILES string of the molecule is Nc1cc(-n2cc(C(=O)O)c(=O)c3cc(F)c(N)c(Cl)c32)c(F)c(F)c1F. The van der Waals surface area contributed by atoms with Gasteiger partial charge in [-0.1, -0.05) is 11.6 Å². The fraction of sp³-hybridized carbons (Fsp3) is 0. The molecule has 140 valence electrons. The molecule has 0 aliphatic rings. The van der Waals surface area contributed by atoms with Gasteiger partial charge in [0.25, 0.3) is 0 Å². The molecule has 0 unspecified atom stereocenters. The molecule has 0 atom stereocenters. The van der Waals surface area contributed by atoms with E-state index in [0.717, 1.165) is 0 Å². The Morgan fingerprint density at radius 3 is 2.30 bits per heavy atom. The number of hydrogen-bond donors (Lipinski definition) is 3. The molecule has 1 heterocycles. The molecule has 1 aromatic heterocycles. The standard InChI is InChI=1S/C16H8ClF4N3O3/c17-9-13(23)6(18)1-4-14(9)24(3-5(15(4)25)16(26)27)8-2-7(22)10(19)12(21)11(8)20/h1-3H,22-23H2,(H,26,27). The van der Waals surface area contributed by atoms with Gasteiger partial charge < -0.3 is 21.1 Å². The Labute approximate surface area is 152 Å². The molecule has 0 bridgehead atoms. The number of fused-ring (bicyclic) bond motifs is 1. The van der Waals surface area contributed by atoms with Gasteiger partial charge >= 0.3 is 5.97 Å². The minimum absolute atomic E-state index is 0.408. The van der Waals surface area contributed by atoms with Crippen LogP contribution in [0.3, 0.4) is 0 Å². The van der Waals surface area contributed by atoms with Crippen molar-refractivity contribution in [2.24, 2.45) is 0 Å². The van der Waals surface area contributed by atoms with Crippen LogP contribution in [0.2, 0.25) is 5.02 Å². The number of carboxylic acid groups (broad SMARTS) is 1. The second kappa shape index (κ2) is 6.16. The number of aromatic carboxylic acids is 1. The molecule has 27 heavy (non-hydrogen) atoms. The molecule has 0 amide bonds. The summed E-state index contributed by atoms with van der Waals surface area (Å²) in [5.41, 5.74) is 6.17. The van der Waals surface area contributed by atoms with Crippen LogP contribution in [0.5, 0.6) is 0 Å². The van der Waals surface area contributed by atoms with Crippen LogP contribution in [0.1, 0.15) is 10.4 Å². The third-order valence-corrected chi connectivity index (χ3v) is 4.24. The lowest BCUT2D eigenvalue weighted by Gasteiger charge is -2.16. The Hall–Kier alpha value is -3.27. The number of pyridine rings is 1. The highest BCUT2D eigenvalue weighted by Crippen LogP contribution is 2.34. The van der Waals surface area contributed by atoms with E-state index in [2.05, 4.69) is 0 Å². The molecule has 0 aliphatic heterocycles. The summed E-state index contributed by atoms with van der Waals surface area (Å²) in [4.78, 5) is 23.7. The maximum Gasteiger partial charge on any atom is 0.341 e. The fourth-order valence-electron chi connectivity index (χ4n) is 2.56. The molecule has 0 radical (unpaired) electrons. The van der Waals surface area contributed by atoms with Crippen molar-refractivity contribution in [2.45, 2.75) is 0 Å². The predicted molar refractivity (Wildman–Crippen MR) is 90.2 cm³/mol. The molecule has 6 nitrogen and oxygen atoms in total. The van der Waals surface area contributed by atoms with E-state index in [1.54, 1.807) is 0 Å². The number of carbonyl (C=O) groups is 1. The van der Waals surface area contributed by atoms with Crippen LogP contribution < -0.4 is 16.9 Å². The minimum atomic E-state index is -1.93. The zero-order valence-corrected chi connectivity index (χ0v) is 13.7. The molecule has 0 fully saturated rings. The van der Waals surface area contributed by atoms with E-state index < -0.39 is 73.2 Å². The van der Waals surface area contributed by atoms with Crippen LogP contribution >= 0.6 is 11.6 Å². The largest absolute Gasteiger partial charge is 0.477 e. The number of halogens is 5. The number of aromatic nitrogens is 1. The Kier molecular flexibility index (Phi) is 4.23. The highest BCUT2D eigenvalue weighted by molar-refractivity contribution is 6.37. The minimum Gasteiger partial charge on any atom is -0.477 e. The molecular weight excluding hydrogens is 394 g/mol. The molecule has 3 aromatic rings. The summed E-state index contributed by atoms with van der Waals surface area (Å²) in [6, 6.07) is 1.28. The Bertz CT molecular complexity index is 1210. The normalized spacial score (nSPS) is 11.1. The van der Waals surface area contributed by atoms with E-state index in [-0.39, 0.29) is 0 Å². The van der Waals surface area contributed by atoms with Gasteiger partial charge in [-0.2, -0.15) is 0 Å². The Morgan fingerprint density at radius 1 is 1.07 bits per heavy atom. The number of carboxylic acids is 1. The zero-order valence-electron chi connectivity index (χ0n) is 13.0. The van der Waals surface area contributed by atoms with E-state index in [9.17, 15) is 32.3 Å². The molecule has 0 saturated heterocycles. The number of rotatable bonds is 2. The van der Waals surface area contributed by atoms with Gasteiger partial charge in [0.15, 0.2) is 17.5 Å². The van der Waals surface area contributed by atoms with E-state index in [0.29, 0.717) is 22.9 Å². The average molecular weight is 402 g/mol. The maximum atomic E-state index is 14.3. The molecule has 2 aromatic carbocycles. The van der Waals surface area contributed by atoms with E-state index in [4.69, 9.17) is 23.1 Å². The van der Waals surface area contributed by atoms with Crippen molar-refractivity contribution in [3.63, 3.8) is 0 Å². The summed E-state index contributed by atoms with van der Waals surface area (Å²) >= 11 is 5.96. The average Bonchev–Trinajstić information content (AvgIpc) is 2.61. The molecule has 0 spiro atoms. The van der Waals surface area contributed by atoms with Crippen molar-refractivity contribution in [1.29, 1.82) is 0 Å². The van der Waals surface area contributed by atoms with Gasteiger partial charge in [-0.3, -0.25) is 4.79 Å². The number of hydrogen-bond acceptors (Lipinski definition) is 4. The Balaban J connectivity index is 2.62. The van der Waals surface area contributed by atoms with Crippen LogP contribution in [-0.2, 0) is 0 Å². The van der Waals surface area contributed by atoms with Gasteiger partial charge in [0.2, 0.25) is 5.43 Å². The van der Waals surface area contributed by atoms with Gasteiger partial charge in [0, 0.05) is 6.20 Å². The number of nitrogen functional groups attached to an aromatic ring is 2. The van der Waals surface area contributed by atoms with E-state index in [1.165, 1.54) is 0 Å². The lowest BCUT2D eigenvalue weighted by Crippen LogP contribution is -2.20. The monoisotopic (exact) mass is 401 g/mol. The van der Waals surface area contributed by atoms with Crippen molar-refractivity contribution in [2.75, 3.05) is 11.5 Å². The third kappa shape index (κ3) is 2.65. The highest BCUT2D eigenvalue weighted by Gasteiger charge is 2.24. The van der Waals surface area contributed by atoms with Crippen LogP contribution in [0.4, 0.5) is 28.9 Å². The van der Waals surface area contributed by atoms with Crippen LogP contribution in [0, 0.1) is 23.3 Å². The summed E-state index contributed by atoms with van der Waals surface area (Å²) in [5.74, 6) is -8.16. The molecule has 11 heteroatoms. The number of anilines is 2. The second-order valence-electron chi connectivity index (χ2n) is 5.46. The lowest BCUT2D eigenvalue weighted by atomic mass is 10.1. The van der Waals surface area contributed by atoms with E-state index in [1.807, 2.05) is 0 Å². The van der Waals surface area contributed by atoms with Crippen molar-refractivity contribution < 1.29 is 27.5 Å². The third-order valence-electron chi connectivity index (χ3n) is 3.86. The van der Waals surface area contributed by atoms with E-state index >= 15 is 0 Å². The summed E-state index contributed by atoms with van der Waals surface area (Å²) in [6.07, 6.45) is 0.630. The predicted octanol–water partition coefficient (Wildman–Crippen LogP) is 3.06. The van der Waals surface area contributed by atoms with Crippen molar-refractivity contribution >= 4 is 39.8 Å². The first kappa shape index (κ1) is 18.5. The van der Waals surface area contributed by atoms with Crippen LogP contribution in [0.25, 0.3) is 16.6 Å². The molecule has 5 N–H and O–H groups in total. The number of nitrogens with zero attached hydrogens (tertiary/aromatic N) is 1. The van der Waals surface area contributed by atoms with Gasteiger partial charge in [-0.05, 0) is 12.1 Å². The summed E-state index contributed by atoms with van der Waals surface area (Å²) in [5, 5.41) is 8.08. The Morgan fingerprint density at radius 2 is 1.70 bits per heavy atom. The zero-order chi connectivity index (χ0) is 20.2. The highest BCUT2D eigenvalue weighted by atomic mass is 35.5. The fourth-order valence-corrected chi connectivity index (χ4v) is 2.84. The summed E-state index contributed by atoms with van der Waals surface area (Å²) < 4.78 is 56.2.